The fraction of sp³-hybridized carbons (Fsp3) is 0.538. The lowest BCUT2D eigenvalue weighted by Crippen LogP contribution is -2.15. The molecule has 1 aromatic carbocycles. The summed E-state index contributed by atoms with van der Waals surface area (Å²) in [5.74, 6) is 0. The Morgan fingerprint density at radius 2 is 1.69 bits per heavy atom. The van der Waals surface area contributed by atoms with Crippen LogP contribution < -0.4 is 5.32 Å². The van der Waals surface area contributed by atoms with Crippen molar-refractivity contribution in [3.05, 3.63) is 29.8 Å². The Morgan fingerprint density at radius 3 is 2.12 bits per heavy atom. The number of aliphatic hydroxyl groups excluding tert-OH is 1. The van der Waals surface area contributed by atoms with Crippen molar-refractivity contribution in [1.82, 2.24) is 5.32 Å². The van der Waals surface area contributed by atoms with E-state index in [2.05, 4.69) is 36.5 Å². The van der Waals surface area contributed by atoms with Crippen molar-refractivity contribution < 1.29 is 5.11 Å². The zero-order valence-corrected chi connectivity index (χ0v) is 11.2. The molecule has 90 valence electrons. The van der Waals surface area contributed by atoms with Crippen LogP contribution in [0.25, 0.3) is 0 Å². The van der Waals surface area contributed by atoms with Crippen LogP contribution in [-0.4, -0.2) is 23.5 Å². The molecule has 3 atom stereocenters. The number of hydrogen-bond acceptors (Lipinski definition) is 3. The van der Waals surface area contributed by atoms with Gasteiger partial charge in [0.05, 0.1) is 6.10 Å². The molecule has 0 radical (unpaired) electrons. The van der Waals surface area contributed by atoms with Gasteiger partial charge in [0.15, 0.2) is 0 Å². The van der Waals surface area contributed by atoms with Gasteiger partial charge in [0, 0.05) is 16.2 Å². The summed E-state index contributed by atoms with van der Waals surface area (Å²) in [5.41, 5.74) is 1.29. The van der Waals surface area contributed by atoms with Gasteiger partial charge in [0.2, 0.25) is 0 Å². The van der Waals surface area contributed by atoms with E-state index in [1.54, 1.807) is 11.8 Å². The van der Waals surface area contributed by atoms with Crippen LogP contribution >= 0.6 is 11.8 Å². The maximum Gasteiger partial charge on any atom is 0.0631 e. The number of rotatable bonds is 5. The first-order valence-electron chi connectivity index (χ1n) is 5.66. The molecule has 3 heteroatoms. The number of hydrogen-bond donors (Lipinski definition) is 2. The third-order valence-corrected chi connectivity index (χ3v) is 4.12. The second-order valence-corrected chi connectivity index (χ2v) is 5.59. The summed E-state index contributed by atoms with van der Waals surface area (Å²) < 4.78 is 0. The monoisotopic (exact) mass is 239 g/mol. The van der Waals surface area contributed by atoms with Crippen LogP contribution in [0.15, 0.2) is 29.2 Å². The average molecular weight is 239 g/mol. The Hall–Kier alpha value is -0.510. The molecule has 0 bridgehead atoms. The molecule has 1 rings (SSSR count). The topological polar surface area (TPSA) is 32.3 Å². The zero-order chi connectivity index (χ0) is 12.1. The Morgan fingerprint density at radius 1 is 1.12 bits per heavy atom. The van der Waals surface area contributed by atoms with Crippen LogP contribution in [-0.2, 0) is 0 Å². The van der Waals surface area contributed by atoms with Gasteiger partial charge < -0.3 is 10.4 Å². The standard InChI is InChI=1S/C13H21NOS/c1-9(14-4)12-5-7-13(8-6-12)16-11(3)10(2)15/h5-11,14-15H,1-4H3. The average Bonchev–Trinajstić information content (AvgIpc) is 2.28. The smallest absolute Gasteiger partial charge is 0.0631 e. The molecular weight excluding hydrogens is 218 g/mol. The van der Waals surface area contributed by atoms with Gasteiger partial charge in [-0.3, -0.25) is 0 Å². The Kier molecular flexibility index (Phi) is 5.32. The van der Waals surface area contributed by atoms with E-state index in [0.717, 1.165) is 0 Å². The van der Waals surface area contributed by atoms with Gasteiger partial charge in [-0.1, -0.05) is 19.1 Å². The molecule has 1 aromatic rings. The van der Waals surface area contributed by atoms with Gasteiger partial charge in [0.25, 0.3) is 0 Å². The van der Waals surface area contributed by atoms with Crippen molar-refractivity contribution in [3.63, 3.8) is 0 Å². The highest BCUT2D eigenvalue weighted by Crippen LogP contribution is 2.26. The number of aliphatic hydroxyl groups is 1. The van der Waals surface area contributed by atoms with Crippen molar-refractivity contribution in [2.45, 2.75) is 43.1 Å². The Balaban J connectivity index is 2.64. The van der Waals surface area contributed by atoms with E-state index in [1.165, 1.54) is 10.5 Å². The predicted molar refractivity (Wildman–Crippen MR) is 70.9 cm³/mol. The fourth-order valence-corrected chi connectivity index (χ4v) is 2.23. The van der Waals surface area contributed by atoms with E-state index in [0.29, 0.717) is 6.04 Å². The highest BCUT2D eigenvalue weighted by atomic mass is 32.2. The Labute approximate surface area is 102 Å². The summed E-state index contributed by atoms with van der Waals surface area (Å²) in [6.07, 6.45) is -0.277. The van der Waals surface area contributed by atoms with E-state index < -0.39 is 0 Å². The minimum Gasteiger partial charge on any atom is -0.392 e. The largest absolute Gasteiger partial charge is 0.392 e. The van der Waals surface area contributed by atoms with Crippen LogP contribution in [0.1, 0.15) is 32.4 Å². The van der Waals surface area contributed by atoms with Crippen molar-refractivity contribution >= 4 is 11.8 Å². The van der Waals surface area contributed by atoms with E-state index >= 15 is 0 Å². The van der Waals surface area contributed by atoms with Gasteiger partial charge in [-0.15, -0.1) is 11.8 Å². The summed E-state index contributed by atoms with van der Waals surface area (Å²) in [5, 5.41) is 12.9. The highest BCUT2D eigenvalue weighted by molar-refractivity contribution is 8.00. The molecule has 16 heavy (non-hydrogen) atoms. The number of nitrogens with one attached hydrogen (secondary N) is 1. The molecule has 0 saturated heterocycles. The second-order valence-electron chi connectivity index (χ2n) is 4.14. The highest BCUT2D eigenvalue weighted by Gasteiger charge is 2.10. The molecule has 0 heterocycles. The molecule has 0 aliphatic heterocycles. The normalized spacial score (nSPS) is 16.8. The van der Waals surface area contributed by atoms with Gasteiger partial charge in [-0.05, 0) is 38.6 Å². The van der Waals surface area contributed by atoms with E-state index in [4.69, 9.17) is 0 Å². The summed E-state index contributed by atoms with van der Waals surface area (Å²) in [6.45, 7) is 6.01. The van der Waals surface area contributed by atoms with Crippen molar-refractivity contribution in [2.24, 2.45) is 0 Å². The molecule has 0 aliphatic rings. The third-order valence-electron chi connectivity index (χ3n) is 2.81. The molecule has 0 amide bonds. The molecule has 0 spiro atoms. The third kappa shape index (κ3) is 3.81. The molecule has 2 nitrogen and oxygen atoms in total. The van der Waals surface area contributed by atoms with Gasteiger partial charge in [-0.25, -0.2) is 0 Å². The maximum atomic E-state index is 9.43. The minimum atomic E-state index is -0.277. The first kappa shape index (κ1) is 13.6. The maximum absolute atomic E-state index is 9.43. The number of thioether (sulfide) groups is 1. The van der Waals surface area contributed by atoms with Crippen molar-refractivity contribution in [2.75, 3.05) is 7.05 Å². The molecule has 0 aromatic heterocycles. The zero-order valence-electron chi connectivity index (χ0n) is 10.4. The van der Waals surface area contributed by atoms with Crippen molar-refractivity contribution in [3.8, 4) is 0 Å². The number of benzene rings is 1. The fourth-order valence-electron chi connectivity index (χ4n) is 1.31. The first-order valence-corrected chi connectivity index (χ1v) is 6.54. The SMILES string of the molecule is CNC(C)c1ccc(SC(C)C(C)O)cc1. The summed E-state index contributed by atoms with van der Waals surface area (Å²) >= 11 is 1.71. The minimum absolute atomic E-state index is 0.229. The second kappa shape index (κ2) is 6.28. The van der Waals surface area contributed by atoms with Crippen LogP contribution in [0.2, 0.25) is 0 Å². The van der Waals surface area contributed by atoms with Crippen LogP contribution in [0.5, 0.6) is 0 Å². The Bertz CT molecular complexity index is 310. The molecule has 0 fully saturated rings. The van der Waals surface area contributed by atoms with Crippen LogP contribution in [0.3, 0.4) is 0 Å². The lowest BCUT2D eigenvalue weighted by Gasteiger charge is -2.15. The van der Waals surface area contributed by atoms with Gasteiger partial charge in [0.1, 0.15) is 0 Å². The molecule has 3 unspecified atom stereocenters. The van der Waals surface area contributed by atoms with Crippen LogP contribution in [0.4, 0.5) is 0 Å². The summed E-state index contributed by atoms with van der Waals surface area (Å²) in [7, 11) is 1.96. The van der Waals surface area contributed by atoms with E-state index in [1.807, 2.05) is 20.9 Å². The first-order chi connectivity index (χ1) is 7.54. The summed E-state index contributed by atoms with van der Waals surface area (Å²) in [6, 6.07) is 8.89. The van der Waals surface area contributed by atoms with Gasteiger partial charge in [-0.2, -0.15) is 0 Å². The van der Waals surface area contributed by atoms with Crippen LogP contribution in [0, 0.1) is 0 Å². The lowest BCUT2D eigenvalue weighted by atomic mass is 10.1. The van der Waals surface area contributed by atoms with E-state index in [9.17, 15) is 5.11 Å². The quantitative estimate of drug-likeness (QED) is 0.775. The van der Waals surface area contributed by atoms with Crippen molar-refractivity contribution in [1.29, 1.82) is 0 Å². The van der Waals surface area contributed by atoms with Gasteiger partial charge >= 0.3 is 0 Å². The molecular formula is C13H21NOS. The molecule has 2 N–H and O–H groups in total. The molecule has 0 saturated carbocycles. The molecule has 0 aliphatic carbocycles. The summed E-state index contributed by atoms with van der Waals surface area (Å²) in [4.78, 5) is 1.21. The lowest BCUT2D eigenvalue weighted by molar-refractivity contribution is 0.196. The predicted octanol–water partition coefficient (Wildman–Crippen LogP) is 2.83. The van der Waals surface area contributed by atoms with E-state index in [-0.39, 0.29) is 11.4 Å².